The van der Waals surface area contributed by atoms with Crippen molar-refractivity contribution in [1.82, 2.24) is 5.32 Å². The van der Waals surface area contributed by atoms with E-state index in [0.717, 1.165) is 24.2 Å². The lowest BCUT2D eigenvalue weighted by Gasteiger charge is -2.09. The molecule has 0 fully saturated rings. The summed E-state index contributed by atoms with van der Waals surface area (Å²) in [5, 5.41) is 5.58. The number of nitrogens with one attached hydrogen (secondary N) is 2. The second-order valence-electron chi connectivity index (χ2n) is 3.89. The Morgan fingerprint density at radius 3 is 2.88 bits per heavy atom. The highest BCUT2D eigenvalue weighted by Crippen LogP contribution is 2.23. The quantitative estimate of drug-likeness (QED) is 0.832. The highest BCUT2D eigenvalue weighted by atomic mass is 19.4. The van der Waals surface area contributed by atoms with Gasteiger partial charge in [0.05, 0.1) is 6.54 Å². The van der Waals surface area contributed by atoms with Crippen molar-refractivity contribution in [3.63, 3.8) is 0 Å². The molecule has 0 saturated carbocycles. The molecule has 0 atom stereocenters. The van der Waals surface area contributed by atoms with Gasteiger partial charge in [-0.05, 0) is 23.6 Å². The maximum atomic E-state index is 11.9. The van der Waals surface area contributed by atoms with E-state index >= 15 is 0 Å². The number of hydrogen-bond donors (Lipinski definition) is 2. The predicted molar refractivity (Wildman–Crippen MR) is 56.4 cm³/mol. The number of anilines is 1. The minimum absolute atomic E-state index is 0.245. The largest absolute Gasteiger partial charge is 0.401 e. The standard InChI is InChI=1S/C11H13F3N2/c12-11(13,14)7-15-6-8-1-2-9-3-4-16-10(9)5-8/h1-2,5,15-16H,3-4,6-7H2. The monoisotopic (exact) mass is 230 g/mol. The van der Waals surface area contributed by atoms with Crippen LogP contribution in [0.3, 0.4) is 0 Å². The highest BCUT2D eigenvalue weighted by molar-refractivity contribution is 5.56. The molecular weight excluding hydrogens is 217 g/mol. The molecule has 2 nitrogen and oxygen atoms in total. The van der Waals surface area contributed by atoms with Gasteiger partial charge in [0.1, 0.15) is 0 Å². The first-order chi connectivity index (χ1) is 7.54. The number of halogens is 3. The molecule has 1 aromatic rings. The topological polar surface area (TPSA) is 24.1 Å². The van der Waals surface area contributed by atoms with Crippen molar-refractivity contribution in [2.75, 3.05) is 18.4 Å². The van der Waals surface area contributed by atoms with Crippen LogP contribution >= 0.6 is 0 Å². The number of hydrogen-bond acceptors (Lipinski definition) is 2. The smallest absolute Gasteiger partial charge is 0.384 e. The summed E-state index contributed by atoms with van der Waals surface area (Å²) in [5.74, 6) is 0. The molecule has 0 amide bonds. The van der Waals surface area contributed by atoms with Gasteiger partial charge >= 0.3 is 6.18 Å². The van der Waals surface area contributed by atoms with Gasteiger partial charge in [-0.2, -0.15) is 13.2 Å². The summed E-state index contributed by atoms with van der Waals surface area (Å²) in [6.45, 7) is 0.209. The van der Waals surface area contributed by atoms with E-state index in [9.17, 15) is 13.2 Å². The lowest BCUT2D eigenvalue weighted by Crippen LogP contribution is -2.28. The molecule has 1 aliphatic rings. The third-order valence-corrected chi connectivity index (χ3v) is 2.54. The lowest BCUT2D eigenvalue weighted by atomic mass is 10.1. The van der Waals surface area contributed by atoms with Crippen LogP contribution in [0.25, 0.3) is 0 Å². The zero-order chi connectivity index (χ0) is 11.6. The Labute approximate surface area is 91.8 Å². The van der Waals surface area contributed by atoms with Crippen molar-refractivity contribution in [2.24, 2.45) is 0 Å². The highest BCUT2D eigenvalue weighted by Gasteiger charge is 2.26. The molecule has 0 unspecified atom stereocenters. The van der Waals surface area contributed by atoms with Crippen LogP contribution in [-0.4, -0.2) is 19.3 Å². The van der Waals surface area contributed by atoms with Gasteiger partial charge in [0.2, 0.25) is 0 Å². The summed E-state index contributed by atoms with van der Waals surface area (Å²) in [7, 11) is 0. The Morgan fingerprint density at radius 1 is 1.31 bits per heavy atom. The molecule has 16 heavy (non-hydrogen) atoms. The van der Waals surface area contributed by atoms with Gasteiger partial charge in [-0.3, -0.25) is 0 Å². The Morgan fingerprint density at radius 2 is 2.12 bits per heavy atom. The Balaban J connectivity index is 1.91. The molecule has 1 aromatic carbocycles. The fraction of sp³-hybridized carbons (Fsp3) is 0.455. The van der Waals surface area contributed by atoms with E-state index in [4.69, 9.17) is 0 Å². The van der Waals surface area contributed by atoms with Gasteiger partial charge in [0, 0.05) is 18.8 Å². The summed E-state index contributed by atoms with van der Waals surface area (Å²) in [6.07, 6.45) is -3.15. The van der Waals surface area contributed by atoms with Crippen molar-refractivity contribution in [2.45, 2.75) is 19.1 Å². The summed E-state index contributed by atoms with van der Waals surface area (Å²) in [6, 6.07) is 5.75. The summed E-state index contributed by atoms with van der Waals surface area (Å²) in [4.78, 5) is 0. The first-order valence-electron chi connectivity index (χ1n) is 5.18. The van der Waals surface area contributed by atoms with Crippen LogP contribution in [0.1, 0.15) is 11.1 Å². The van der Waals surface area contributed by atoms with Gasteiger partial charge in [0.25, 0.3) is 0 Å². The first kappa shape index (κ1) is 11.3. The normalized spacial score (nSPS) is 14.7. The molecule has 2 rings (SSSR count). The number of alkyl halides is 3. The van der Waals surface area contributed by atoms with Crippen molar-refractivity contribution < 1.29 is 13.2 Å². The second kappa shape index (κ2) is 4.33. The summed E-state index contributed by atoms with van der Waals surface area (Å²) in [5.41, 5.74) is 3.16. The molecule has 0 aromatic heterocycles. The first-order valence-corrected chi connectivity index (χ1v) is 5.18. The second-order valence-corrected chi connectivity index (χ2v) is 3.89. The number of rotatable bonds is 3. The van der Waals surface area contributed by atoms with Gasteiger partial charge in [-0.25, -0.2) is 0 Å². The van der Waals surface area contributed by atoms with Crippen molar-refractivity contribution in [3.8, 4) is 0 Å². The van der Waals surface area contributed by atoms with E-state index in [2.05, 4.69) is 10.6 Å². The fourth-order valence-electron chi connectivity index (χ4n) is 1.80. The molecule has 0 bridgehead atoms. The molecule has 0 aliphatic carbocycles. The van der Waals surface area contributed by atoms with Gasteiger partial charge in [-0.15, -0.1) is 0 Å². The van der Waals surface area contributed by atoms with Crippen molar-refractivity contribution >= 4 is 5.69 Å². The van der Waals surface area contributed by atoms with E-state index in [1.165, 1.54) is 5.56 Å². The Hall–Kier alpha value is -1.23. The van der Waals surface area contributed by atoms with E-state index < -0.39 is 12.7 Å². The zero-order valence-corrected chi connectivity index (χ0v) is 8.69. The average Bonchev–Trinajstić information content (AvgIpc) is 2.62. The third-order valence-electron chi connectivity index (χ3n) is 2.54. The maximum Gasteiger partial charge on any atom is 0.401 e. The molecule has 2 N–H and O–H groups in total. The van der Waals surface area contributed by atoms with E-state index in [1.54, 1.807) is 0 Å². The number of fused-ring (bicyclic) bond motifs is 1. The van der Waals surface area contributed by atoms with Crippen molar-refractivity contribution in [1.29, 1.82) is 0 Å². The van der Waals surface area contributed by atoms with Gasteiger partial charge < -0.3 is 10.6 Å². The zero-order valence-electron chi connectivity index (χ0n) is 8.69. The maximum absolute atomic E-state index is 11.9. The van der Waals surface area contributed by atoms with Crippen LogP contribution in [0, 0.1) is 0 Å². The Kier molecular flexibility index (Phi) is 3.05. The summed E-state index contributed by atoms with van der Waals surface area (Å²) >= 11 is 0. The molecule has 1 heterocycles. The molecule has 1 aliphatic heterocycles. The van der Waals surface area contributed by atoms with Crippen LogP contribution < -0.4 is 10.6 Å². The lowest BCUT2D eigenvalue weighted by molar-refractivity contribution is -0.125. The Bertz CT molecular complexity index is 374. The molecule has 0 radical (unpaired) electrons. The molecule has 0 spiro atoms. The van der Waals surface area contributed by atoms with Crippen LogP contribution in [0.4, 0.5) is 18.9 Å². The van der Waals surface area contributed by atoms with Crippen LogP contribution in [0.5, 0.6) is 0 Å². The van der Waals surface area contributed by atoms with E-state index in [0.29, 0.717) is 0 Å². The van der Waals surface area contributed by atoms with Gasteiger partial charge in [0.15, 0.2) is 0 Å². The third kappa shape index (κ3) is 2.88. The minimum Gasteiger partial charge on any atom is -0.384 e. The van der Waals surface area contributed by atoms with Crippen LogP contribution in [-0.2, 0) is 13.0 Å². The van der Waals surface area contributed by atoms with Crippen LogP contribution in [0.2, 0.25) is 0 Å². The van der Waals surface area contributed by atoms with E-state index in [1.807, 2.05) is 18.2 Å². The summed E-state index contributed by atoms with van der Waals surface area (Å²) < 4.78 is 35.7. The minimum atomic E-state index is -4.14. The average molecular weight is 230 g/mol. The molecule has 5 heteroatoms. The molecule has 0 saturated heterocycles. The molecular formula is C11H13F3N2. The van der Waals surface area contributed by atoms with E-state index in [-0.39, 0.29) is 6.54 Å². The van der Waals surface area contributed by atoms with Crippen LogP contribution in [0.15, 0.2) is 18.2 Å². The SMILES string of the molecule is FC(F)(F)CNCc1ccc2c(c1)NCC2. The number of benzene rings is 1. The molecule has 88 valence electrons. The predicted octanol–water partition coefficient (Wildman–Crippen LogP) is 2.31. The van der Waals surface area contributed by atoms with Gasteiger partial charge in [-0.1, -0.05) is 12.1 Å². The fourth-order valence-corrected chi connectivity index (χ4v) is 1.80. The van der Waals surface area contributed by atoms with Crippen molar-refractivity contribution in [3.05, 3.63) is 29.3 Å².